The van der Waals surface area contributed by atoms with E-state index in [2.05, 4.69) is 4.98 Å². The van der Waals surface area contributed by atoms with Gasteiger partial charge in [-0.05, 0) is 43.3 Å². The average Bonchev–Trinajstić information content (AvgIpc) is 2.61. The molecule has 2 aromatic carbocycles. The Morgan fingerprint density at radius 2 is 1.52 bits per heavy atom. The summed E-state index contributed by atoms with van der Waals surface area (Å²) in [7, 11) is 4.90. The molecule has 0 saturated heterocycles. The molecule has 0 aliphatic heterocycles. The van der Waals surface area contributed by atoms with Crippen molar-refractivity contribution in [2.75, 3.05) is 21.3 Å². The molecule has 5 heteroatoms. The summed E-state index contributed by atoms with van der Waals surface area (Å²) in [5, 5.41) is 0.864. The number of rotatable bonds is 4. The summed E-state index contributed by atoms with van der Waals surface area (Å²) < 4.78 is 16.0. The van der Waals surface area contributed by atoms with Crippen molar-refractivity contribution in [1.29, 1.82) is 0 Å². The van der Waals surface area contributed by atoms with Gasteiger partial charge < -0.3 is 14.2 Å². The Hall–Kier alpha value is -2.82. The number of hydrogen-bond donors (Lipinski definition) is 0. The van der Waals surface area contributed by atoms with Crippen LogP contribution in [-0.4, -0.2) is 31.3 Å². The third kappa shape index (κ3) is 2.65. The zero-order chi connectivity index (χ0) is 16.4. The summed E-state index contributed by atoms with van der Waals surface area (Å²) in [6.07, 6.45) is 0. The summed E-state index contributed by atoms with van der Waals surface area (Å²) in [6.45, 7) is 1.98. The molecule has 5 nitrogen and oxygen atoms in total. The number of benzene rings is 2. The second kappa shape index (κ2) is 6.12. The molecule has 0 atom stereocenters. The number of nitrogens with zero attached hydrogens (tertiary/aromatic N) is 2. The zero-order valence-electron chi connectivity index (χ0n) is 13.6. The number of aromatic nitrogens is 2. The fourth-order valence-electron chi connectivity index (χ4n) is 2.53. The molecule has 0 aliphatic rings. The summed E-state index contributed by atoms with van der Waals surface area (Å²) in [5.41, 5.74) is 2.68. The first-order chi connectivity index (χ1) is 11.2. The van der Waals surface area contributed by atoms with Gasteiger partial charge in [0, 0.05) is 11.1 Å². The molecule has 3 aromatic rings. The van der Waals surface area contributed by atoms with Crippen molar-refractivity contribution in [2.45, 2.75) is 6.92 Å². The predicted molar refractivity (Wildman–Crippen MR) is 89.4 cm³/mol. The van der Waals surface area contributed by atoms with Gasteiger partial charge >= 0.3 is 0 Å². The van der Waals surface area contributed by atoms with Crippen LogP contribution in [0.2, 0.25) is 0 Å². The van der Waals surface area contributed by atoms with Crippen LogP contribution in [0.5, 0.6) is 17.4 Å². The van der Waals surface area contributed by atoms with E-state index in [1.165, 1.54) is 0 Å². The molecule has 1 heterocycles. The fourth-order valence-corrected chi connectivity index (χ4v) is 2.53. The Balaban J connectivity index is 2.22. The molecule has 0 unspecified atom stereocenters. The van der Waals surface area contributed by atoms with Gasteiger partial charge in [0.05, 0.1) is 32.2 Å². The van der Waals surface area contributed by atoms with Gasteiger partial charge in [-0.2, -0.15) is 4.98 Å². The molecule has 0 bridgehead atoms. The molecule has 3 rings (SSSR count). The van der Waals surface area contributed by atoms with Crippen LogP contribution in [-0.2, 0) is 0 Å². The summed E-state index contributed by atoms with van der Waals surface area (Å²) in [6, 6.07) is 11.4. The Morgan fingerprint density at radius 1 is 0.783 bits per heavy atom. The highest BCUT2D eigenvalue weighted by Gasteiger charge is 2.14. The Kier molecular flexibility index (Phi) is 4.02. The SMILES string of the molecule is COc1ccc(-c2nc(OC)c3ccc(OC)c(C)c3n2)cc1. The van der Waals surface area contributed by atoms with E-state index in [1.807, 2.05) is 43.3 Å². The van der Waals surface area contributed by atoms with Crippen LogP contribution in [0.15, 0.2) is 36.4 Å². The van der Waals surface area contributed by atoms with Gasteiger partial charge in [-0.15, -0.1) is 0 Å². The molecule has 0 saturated carbocycles. The summed E-state index contributed by atoms with van der Waals surface area (Å²) >= 11 is 0. The van der Waals surface area contributed by atoms with Crippen LogP contribution in [0, 0.1) is 6.92 Å². The minimum absolute atomic E-state index is 0.548. The molecule has 0 aliphatic carbocycles. The summed E-state index contributed by atoms with van der Waals surface area (Å²) in [5.74, 6) is 2.73. The standard InChI is InChI=1S/C18H18N2O3/c1-11-15(22-3)10-9-14-16(11)19-17(20-18(14)23-4)12-5-7-13(21-2)8-6-12/h5-10H,1-4H3. The molecule has 0 radical (unpaired) electrons. The highest BCUT2D eigenvalue weighted by Crippen LogP contribution is 2.32. The van der Waals surface area contributed by atoms with Crippen molar-refractivity contribution in [3.05, 3.63) is 42.0 Å². The maximum atomic E-state index is 5.45. The van der Waals surface area contributed by atoms with Crippen LogP contribution in [0.4, 0.5) is 0 Å². The highest BCUT2D eigenvalue weighted by molar-refractivity contribution is 5.89. The quantitative estimate of drug-likeness (QED) is 0.736. The van der Waals surface area contributed by atoms with Crippen molar-refractivity contribution >= 4 is 10.9 Å². The van der Waals surface area contributed by atoms with Crippen LogP contribution < -0.4 is 14.2 Å². The topological polar surface area (TPSA) is 53.5 Å². The molecule has 0 fully saturated rings. The van der Waals surface area contributed by atoms with Gasteiger partial charge in [-0.3, -0.25) is 0 Å². The molecular weight excluding hydrogens is 292 g/mol. The van der Waals surface area contributed by atoms with E-state index < -0.39 is 0 Å². The first-order valence-corrected chi connectivity index (χ1v) is 7.21. The lowest BCUT2D eigenvalue weighted by atomic mass is 10.1. The van der Waals surface area contributed by atoms with Crippen LogP contribution in [0.3, 0.4) is 0 Å². The Morgan fingerprint density at radius 3 is 2.13 bits per heavy atom. The average molecular weight is 310 g/mol. The van der Waals surface area contributed by atoms with Crippen LogP contribution in [0.25, 0.3) is 22.3 Å². The third-order valence-electron chi connectivity index (χ3n) is 3.80. The smallest absolute Gasteiger partial charge is 0.224 e. The number of aryl methyl sites for hydroxylation is 1. The first-order valence-electron chi connectivity index (χ1n) is 7.21. The Labute approximate surface area is 134 Å². The van der Waals surface area contributed by atoms with E-state index in [-0.39, 0.29) is 0 Å². The van der Waals surface area contributed by atoms with Gasteiger partial charge in [-0.25, -0.2) is 4.98 Å². The monoisotopic (exact) mass is 310 g/mol. The lowest BCUT2D eigenvalue weighted by Gasteiger charge is -2.12. The van der Waals surface area contributed by atoms with Gasteiger partial charge in [0.2, 0.25) is 5.88 Å². The molecule has 0 N–H and O–H groups in total. The fraction of sp³-hybridized carbons (Fsp3) is 0.222. The summed E-state index contributed by atoms with van der Waals surface area (Å²) in [4.78, 5) is 9.23. The third-order valence-corrected chi connectivity index (χ3v) is 3.80. The maximum absolute atomic E-state index is 5.45. The lowest BCUT2D eigenvalue weighted by Crippen LogP contribution is -1.98. The van der Waals surface area contributed by atoms with Crippen molar-refractivity contribution in [3.8, 4) is 28.8 Å². The Bertz CT molecular complexity index is 845. The number of ether oxygens (including phenoxy) is 3. The predicted octanol–water partition coefficient (Wildman–Crippen LogP) is 3.63. The maximum Gasteiger partial charge on any atom is 0.224 e. The largest absolute Gasteiger partial charge is 0.497 e. The van der Waals surface area contributed by atoms with Gasteiger partial charge in [0.1, 0.15) is 11.5 Å². The molecular formula is C18H18N2O3. The second-order valence-electron chi connectivity index (χ2n) is 5.07. The minimum atomic E-state index is 0.548. The number of methoxy groups -OCH3 is 3. The molecule has 118 valence electrons. The molecule has 23 heavy (non-hydrogen) atoms. The van der Waals surface area contributed by atoms with Gasteiger partial charge in [0.25, 0.3) is 0 Å². The van der Waals surface area contributed by atoms with E-state index in [4.69, 9.17) is 19.2 Å². The second-order valence-corrected chi connectivity index (χ2v) is 5.07. The minimum Gasteiger partial charge on any atom is -0.497 e. The lowest BCUT2D eigenvalue weighted by molar-refractivity contribution is 0.402. The molecule has 0 amide bonds. The van der Waals surface area contributed by atoms with E-state index in [0.717, 1.165) is 33.5 Å². The van der Waals surface area contributed by atoms with Gasteiger partial charge in [0.15, 0.2) is 5.82 Å². The zero-order valence-corrected chi connectivity index (χ0v) is 13.6. The number of fused-ring (bicyclic) bond motifs is 1. The van der Waals surface area contributed by atoms with Gasteiger partial charge in [-0.1, -0.05) is 0 Å². The normalized spacial score (nSPS) is 10.6. The van der Waals surface area contributed by atoms with E-state index >= 15 is 0 Å². The van der Waals surface area contributed by atoms with Crippen LogP contribution >= 0.6 is 0 Å². The van der Waals surface area contributed by atoms with Crippen LogP contribution in [0.1, 0.15) is 5.56 Å². The molecule has 1 aromatic heterocycles. The highest BCUT2D eigenvalue weighted by atomic mass is 16.5. The van der Waals surface area contributed by atoms with Crippen molar-refractivity contribution in [3.63, 3.8) is 0 Å². The van der Waals surface area contributed by atoms with Crippen molar-refractivity contribution < 1.29 is 14.2 Å². The number of hydrogen-bond acceptors (Lipinski definition) is 5. The van der Waals surface area contributed by atoms with E-state index in [1.54, 1.807) is 21.3 Å². The first kappa shape index (κ1) is 15.1. The van der Waals surface area contributed by atoms with E-state index in [0.29, 0.717) is 11.7 Å². The van der Waals surface area contributed by atoms with Crippen molar-refractivity contribution in [1.82, 2.24) is 9.97 Å². The van der Waals surface area contributed by atoms with E-state index in [9.17, 15) is 0 Å². The molecule has 0 spiro atoms. The van der Waals surface area contributed by atoms with Crippen molar-refractivity contribution in [2.24, 2.45) is 0 Å².